The molecule has 0 saturated carbocycles. The predicted octanol–water partition coefficient (Wildman–Crippen LogP) is 2.85. The molecule has 88 valence electrons. The lowest BCUT2D eigenvalue weighted by molar-refractivity contribution is 0.316. The van der Waals surface area contributed by atoms with Crippen molar-refractivity contribution in [3.8, 4) is 0 Å². The Morgan fingerprint density at radius 1 is 1.44 bits per heavy atom. The predicted molar refractivity (Wildman–Crippen MR) is 67.7 cm³/mol. The summed E-state index contributed by atoms with van der Waals surface area (Å²) in [4.78, 5) is 0. The molecular weight excluding hydrogens is 249 g/mol. The smallest absolute Gasteiger partial charge is 0.161 e. The normalized spacial score (nSPS) is 13.6. The molecule has 0 aromatic heterocycles. The molecule has 1 aromatic rings. The molecule has 1 aromatic carbocycles. The standard InChI is InChI=1S/C10H13Cl2N3O/c1-5-3-8(12)9(4-7(5)11)14-6(2)10(13)15-16/h3-4,6,14,16H,1-2H3,(H2,13,15). The topological polar surface area (TPSA) is 70.6 Å². The molecule has 0 aliphatic heterocycles. The van der Waals surface area contributed by atoms with Crippen molar-refractivity contribution in [1.82, 2.24) is 0 Å². The monoisotopic (exact) mass is 261 g/mol. The van der Waals surface area contributed by atoms with Crippen molar-refractivity contribution in [3.05, 3.63) is 27.7 Å². The van der Waals surface area contributed by atoms with Crippen LogP contribution in [0, 0.1) is 6.92 Å². The largest absolute Gasteiger partial charge is 0.409 e. The van der Waals surface area contributed by atoms with Crippen LogP contribution in [-0.2, 0) is 0 Å². The van der Waals surface area contributed by atoms with Gasteiger partial charge in [0.1, 0.15) is 0 Å². The number of hydrogen-bond donors (Lipinski definition) is 3. The number of hydrogen-bond acceptors (Lipinski definition) is 3. The highest BCUT2D eigenvalue weighted by Crippen LogP contribution is 2.29. The van der Waals surface area contributed by atoms with Gasteiger partial charge in [0.15, 0.2) is 5.84 Å². The Morgan fingerprint density at radius 3 is 2.62 bits per heavy atom. The lowest BCUT2D eigenvalue weighted by Gasteiger charge is -2.15. The number of nitrogens with one attached hydrogen (secondary N) is 1. The number of aryl methyl sites for hydroxylation is 1. The molecule has 1 unspecified atom stereocenters. The maximum Gasteiger partial charge on any atom is 0.161 e. The third-order valence-electron chi connectivity index (χ3n) is 2.18. The average Bonchev–Trinajstić information content (AvgIpc) is 2.24. The van der Waals surface area contributed by atoms with E-state index in [9.17, 15) is 0 Å². The van der Waals surface area contributed by atoms with Crippen molar-refractivity contribution < 1.29 is 5.21 Å². The quantitative estimate of drug-likeness (QED) is 0.339. The van der Waals surface area contributed by atoms with E-state index in [1.54, 1.807) is 19.1 Å². The zero-order chi connectivity index (χ0) is 12.3. The molecule has 4 nitrogen and oxygen atoms in total. The van der Waals surface area contributed by atoms with Gasteiger partial charge >= 0.3 is 0 Å². The van der Waals surface area contributed by atoms with Crippen molar-refractivity contribution in [3.63, 3.8) is 0 Å². The second-order valence-electron chi connectivity index (χ2n) is 3.47. The molecule has 0 spiro atoms. The number of halogens is 2. The van der Waals surface area contributed by atoms with Crippen LogP contribution >= 0.6 is 23.2 Å². The summed E-state index contributed by atoms with van der Waals surface area (Å²) in [5.41, 5.74) is 6.99. The SMILES string of the molecule is Cc1cc(Cl)c(NC(C)/C(N)=N/O)cc1Cl. The van der Waals surface area contributed by atoms with Crippen LogP contribution in [0.3, 0.4) is 0 Å². The molecule has 6 heteroatoms. The van der Waals surface area contributed by atoms with Crippen molar-refractivity contribution in [2.24, 2.45) is 10.9 Å². The Morgan fingerprint density at radius 2 is 2.06 bits per heavy atom. The fourth-order valence-electron chi connectivity index (χ4n) is 1.15. The molecule has 0 saturated heterocycles. The summed E-state index contributed by atoms with van der Waals surface area (Å²) in [6.45, 7) is 3.62. The number of amidine groups is 1. The van der Waals surface area contributed by atoms with E-state index in [1.165, 1.54) is 0 Å². The molecule has 0 heterocycles. The number of oxime groups is 1. The second-order valence-corrected chi connectivity index (χ2v) is 4.29. The Bertz CT molecular complexity index is 421. The van der Waals surface area contributed by atoms with Crippen molar-refractivity contribution in [1.29, 1.82) is 0 Å². The minimum atomic E-state index is -0.332. The maximum absolute atomic E-state index is 8.52. The zero-order valence-electron chi connectivity index (χ0n) is 8.96. The van der Waals surface area contributed by atoms with E-state index in [4.69, 9.17) is 34.1 Å². The van der Waals surface area contributed by atoms with Crippen LogP contribution in [-0.4, -0.2) is 17.1 Å². The summed E-state index contributed by atoms with van der Waals surface area (Å²) in [6.07, 6.45) is 0. The van der Waals surface area contributed by atoms with Gasteiger partial charge in [-0.25, -0.2) is 0 Å². The molecule has 1 atom stereocenters. The first-order chi connectivity index (χ1) is 7.45. The molecular formula is C10H13Cl2N3O. The molecule has 0 aliphatic rings. The lowest BCUT2D eigenvalue weighted by Crippen LogP contribution is -2.33. The van der Waals surface area contributed by atoms with Gasteiger partial charge in [-0.1, -0.05) is 28.4 Å². The highest BCUT2D eigenvalue weighted by molar-refractivity contribution is 6.35. The van der Waals surface area contributed by atoms with Gasteiger partial charge < -0.3 is 16.3 Å². The highest BCUT2D eigenvalue weighted by Gasteiger charge is 2.10. The minimum absolute atomic E-state index is 0.0766. The highest BCUT2D eigenvalue weighted by atomic mass is 35.5. The summed E-state index contributed by atoms with van der Waals surface area (Å²) in [6, 6.07) is 3.13. The van der Waals surface area contributed by atoms with Crippen LogP contribution in [0.4, 0.5) is 5.69 Å². The molecule has 16 heavy (non-hydrogen) atoms. The van der Waals surface area contributed by atoms with E-state index >= 15 is 0 Å². The maximum atomic E-state index is 8.52. The number of rotatable bonds is 3. The summed E-state index contributed by atoms with van der Waals surface area (Å²) in [7, 11) is 0. The first kappa shape index (κ1) is 12.9. The fourth-order valence-corrected chi connectivity index (χ4v) is 1.59. The van der Waals surface area contributed by atoms with Gasteiger partial charge in [-0.05, 0) is 31.5 Å². The Kier molecular flexibility index (Phi) is 4.26. The van der Waals surface area contributed by atoms with E-state index in [0.29, 0.717) is 15.7 Å². The first-order valence-electron chi connectivity index (χ1n) is 4.65. The van der Waals surface area contributed by atoms with Crippen LogP contribution in [0.1, 0.15) is 12.5 Å². The van der Waals surface area contributed by atoms with Crippen LogP contribution in [0.25, 0.3) is 0 Å². The van der Waals surface area contributed by atoms with Crippen LogP contribution in [0.5, 0.6) is 0 Å². The fraction of sp³-hybridized carbons (Fsp3) is 0.300. The van der Waals surface area contributed by atoms with E-state index in [2.05, 4.69) is 10.5 Å². The lowest BCUT2D eigenvalue weighted by atomic mass is 10.2. The van der Waals surface area contributed by atoms with Crippen molar-refractivity contribution in [2.75, 3.05) is 5.32 Å². The van der Waals surface area contributed by atoms with Gasteiger partial charge in [-0.2, -0.15) is 0 Å². The molecule has 4 N–H and O–H groups in total. The van der Waals surface area contributed by atoms with E-state index in [0.717, 1.165) is 5.56 Å². The number of nitrogens with zero attached hydrogens (tertiary/aromatic N) is 1. The van der Waals surface area contributed by atoms with Crippen molar-refractivity contribution >= 4 is 34.7 Å². The summed E-state index contributed by atoms with van der Waals surface area (Å²) in [5, 5.41) is 15.6. The molecule has 0 radical (unpaired) electrons. The Labute approximate surface area is 104 Å². The number of anilines is 1. The molecule has 0 amide bonds. The van der Waals surface area contributed by atoms with Crippen LogP contribution in [0.2, 0.25) is 10.0 Å². The van der Waals surface area contributed by atoms with Crippen LogP contribution in [0.15, 0.2) is 17.3 Å². The van der Waals surface area contributed by atoms with Gasteiger partial charge in [-0.15, -0.1) is 0 Å². The second kappa shape index (κ2) is 5.27. The first-order valence-corrected chi connectivity index (χ1v) is 5.41. The minimum Gasteiger partial charge on any atom is -0.409 e. The number of benzene rings is 1. The molecule has 1 rings (SSSR count). The van der Waals surface area contributed by atoms with Gasteiger partial charge in [0, 0.05) is 5.02 Å². The molecule has 0 aliphatic carbocycles. The third-order valence-corrected chi connectivity index (χ3v) is 2.90. The summed E-state index contributed by atoms with van der Waals surface area (Å²) in [5.74, 6) is 0.0766. The van der Waals surface area contributed by atoms with Gasteiger partial charge in [0.2, 0.25) is 0 Å². The average molecular weight is 262 g/mol. The third kappa shape index (κ3) is 2.93. The van der Waals surface area contributed by atoms with Gasteiger partial charge in [0.25, 0.3) is 0 Å². The van der Waals surface area contributed by atoms with E-state index in [-0.39, 0.29) is 11.9 Å². The zero-order valence-corrected chi connectivity index (χ0v) is 10.5. The van der Waals surface area contributed by atoms with Gasteiger partial charge in [-0.3, -0.25) is 0 Å². The van der Waals surface area contributed by atoms with Crippen molar-refractivity contribution in [2.45, 2.75) is 19.9 Å². The van der Waals surface area contributed by atoms with E-state index < -0.39 is 0 Å². The Balaban J connectivity index is 2.94. The molecule has 0 bridgehead atoms. The molecule has 0 fully saturated rings. The van der Waals surface area contributed by atoms with Gasteiger partial charge in [0.05, 0.1) is 16.8 Å². The summed E-state index contributed by atoms with van der Waals surface area (Å²) >= 11 is 12.0. The summed E-state index contributed by atoms with van der Waals surface area (Å²) < 4.78 is 0. The van der Waals surface area contributed by atoms with E-state index in [1.807, 2.05) is 6.92 Å². The Hall–Kier alpha value is -1.13. The number of nitrogens with two attached hydrogens (primary N) is 1. The van der Waals surface area contributed by atoms with Crippen LogP contribution < -0.4 is 11.1 Å².